The Hall–Kier alpha value is -2.09. The van der Waals surface area contributed by atoms with E-state index in [1.54, 1.807) is 0 Å². The molecular weight excluding hydrogens is 470 g/mol. The minimum absolute atomic E-state index is 0. The molecule has 0 aliphatic heterocycles. The molecule has 0 aromatic heterocycles. The number of halogens is 1. The number of quaternary nitrogens is 1. The summed E-state index contributed by atoms with van der Waals surface area (Å²) < 4.78 is 1.09. The predicted molar refractivity (Wildman–Crippen MR) is 157 cm³/mol. The van der Waals surface area contributed by atoms with Gasteiger partial charge in [0.15, 0.2) is 0 Å². The number of benzene rings is 3. The Balaban J connectivity index is 0.00000481. The van der Waals surface area contributed by atoms with Crippen molar-refractivity contribution >= 4 is 0 Å². The lowest BCUT2D eigenvalue weighted by molar-refractivity contribution is -0.966. The van der Waals surface area contributed by atoms with Gasteiger partial charge in [0.1, 0.15) is 19.6 Å². The van der Waals surface area contributed by atoms with Crippen LogP contribution in [0, 0.1) is 0 Å². The zero-order chi connectivity index (χ0) is 25.2. The van der Waals surface area contributed by atoms with E-state index in [0.29, 0.717) is 0 Å². The van der Waals surface area contributed by atoms with Gasteiger partial charge in [-0.3, -0.25) is 0 Å². The summed E-state index contributed by atoms with van der Waals surface area (Å²) in [6, 6.07) is 33.4. The van der Waals surface area contributed by atoms with E-state index < -0.39 is 0 Å². The van der Waals surface area contributed by atoms with Crippen molar-refractivity contribution in [2.45, 2.75) is 104 Å². The van der Waals surface area contributed by atoms with Gasteiger partial charge < -0.3 is 16.9 Å². The van der Waals surface area contributed by atoms with Crippen molar-refractivity contribution in [3.05, 3.63) is 108 Å². The first-order valence-corrected chi connectivity index (χ1v) is 14.8. The summed E-state index contributed by atoms with van der Waals surface area (Å²) in [6.45, 7) is 6.79. The summed E-state index contributed by atoms with van der Waals surface area (Å²) in [5, 5.41) is 0. The Labute approximate surface area is 234 Å². The van der Waals surface area contributed by atoms with Crippen molar-refractivity contribution in [3.8, 4) is 0 Å². The van der Waals surface area contributed by atoms with E-state index in [2.05, 4.69) is 97.9 Å². The maximum atomic E-state index is 2.31. The van der Waals surface area contributed by atoms with Crippen LogP contribution in [0.25, 0.3) is 0 Å². The largest absolute Gasteiger partial charge is 1.00 e. The van der Waals surface area contributed by atoms with Crippen molar-refractivity contribution < 1.29 is 16.9 Å². The van der Waals surface area contributed by atoms with Crippen LogP contribution in [0.3, 0.4) is 0 Å². The fraction of sp³-hybridized carbons (Fsp3) is 0.486. The lowest BCUT2D eigenvalue weighted by Gasteiger charge is -2.39. The van der Waals surface area contributed by atoms with Gasteiger partial charge in [-0.25, -0.2) is 0 Å². The monoisotopic (exact) mass is 519 g/mol. The van der Waals surface area contributed by atoms with Gasteiger partial charge in [0.2, 0.25) is 0 Å². The third-order valence-electron chi connectivity index (χ3n) is 7.57. The molecule has 1 nitrogen and oxygen atoms in total. The van der Waals surface area contributed by atoms with Crippen LogP contribution in [0.2, 0.25) is 0 Å². The zero-order valence-electron chi connectivity index (χ0n) is 23.3. The molecule has 0 unspecified atom stereocenters. The number of rotatable bonds is 19. The number of hydrogen-bond acceptors (Lipinski definition) is 0. The van der Waals surface area contributed by atoms with Gasteiger partial charge in [-0.2, -0.15) is 0 Å². The maximum absolute atomic E-state index is 2.31. The van der Waals surface area contributed by atoms with Gasteiger partial charge in [-0.05, 0) is 12.8 Å². The highest BCUT2D eigenvalue weighted by atomic mass is 35.5. The molecule has 0 heterocycles. The quantitative estimate of drug-likeness (QED) is 0.117. The molecule has 37 heavy (non-hydrogen) atoms. The van der Waals surface area contributed by atoms with Gasteiger partial charge >= 0.3 is 0 Å². The number of nitrogens with zero attached hydrogens (tertiary/aromatic N) is 1. The highest BCUT2D eigenvalue weighted by Gasteiger charge is 2.28. The van der Waals surface area contributed by atoms with E-state index in [-0.39, 0.29) is 12.4 Å². The standard InChI is InChI=1S/C35H50N.ClH/c1-2-3-4-5-6-7-8-9-10-11-12-22-29-36(30-33-23-16-13-17-24-33,31-34-25-18-14-19-26-34)32-35-27-20-15-21-28-35;/h13-21,23-28H,2-12,22,29-32H2,1H3;1H/q+1;/p-1. The molecule has 0 fully saturated rings. The minimum atomic E-state index is 0. The van der Waals surface area contributed by atoms with E-state index in [1.165, 1.54) is 100 Å². The third-order valence-corrected chi connectivity index (χ3v) is 7.57. The summed E-state index contributed by atoms with van der Waals surface area (Å²) in [4.78, 5) is 0. The Morgan fingerprint density at radius 2 is 0.703 bits per heavy atom. The molecule has 0 aliphatic carbocycles. The third kappa shape index (κ3) is 12.8. The molecule has 2 heteroatoms. The summed E-state index contributed by atoms with van der Waals surface area (Å²) in [5.41, 5.74) is 4.34. The Bertz CT molecular complexity index is 808. The molecule has 202 valence electrons. The molecule has 0 N–H and O–H groups in total. The molecule has 0 radical (unpaired) electrons. The Morgan fingerprint density at radius 1 is 0.405 bits per heavy atom. The summed E-state index contributed by atoms with van der Waals surface area (Å²) >= 11 is 0. The molecule has 3 aromatic carbocycles. The van der Waals surface area contributed by atoms with Crippen LogP contribution >= 0.6 is 0 Å². The lowest BCUT2D eigenvalue weighted by atomic mass is 10.0. The fourth-order valence-electron chi connectivity index (χ4n) is 5.61. The van der Waals surface area contributed by atoms with E-state index in [1.807, 2.05) is 0 Å². The second kappa shape index (κ2) is 19.0. The molecule has 0 saturated carbocycles. The highest BCUT2D eigenvalue weighted by molar-refractivity contribution is 5.17. The smallest absolute Gasteiger partial charge is 0.105 e. The Morgan fingerprint density at radius 3 is 1.03 bits per heavy atom. The van der Waals surface area contributed by atoms with Crippen LogP contribution in [0.5, 0.6) is 0 Å². The van der Waals surface area contributed by atoms with Gasteiger partial charge in [0, 0.05) is 16.7 Å². The first-order valence-electron chi connectivity index (χ1n) is 14.8. The van der Waals surface area contributed by atoms with Crippen molar-refractivity contribution in [3.63, 3.8) is 0 Å². The van der Waals surface area contributed by atoms with E-state index in [4.69, 9.17) is 0 Å². The van der Waals surface area contributed by atoms with Crippen molar-refractivity contribution in [2.75, 3.05) is 6.54 Å². The van der Waals surface area contributed by atoms with E-state index >= 15 is 0 Å². The van der Waals surface area contributed by atoms with Crippen LogP contribution in [0.15, 0.2) is 91.0 Å². The average Bonchev–Trinajstić information content (AvgIpc) is 2.91. The summed E-state index contributed by atoms with van der Waals surface area (Å²) in [5.74, 6) is 0. The molecule has 0 atom stereocenters. The second-order valence-electron chi connectivity index (χ2n) is 10.9. The molecule has 3 aromatic rings. The van der Waals surface area contributed by atoms with Gasteiger partial charge in [0.05, 0.1) is 6.54 Å². The van der Waals surface area contributed by atoms with Gasteiger partial charge in [0.25, 0.3) is 0 Å². The van der Waals surface area contributed by atoms with Crippen molar-refractivity contribution in [2.24, 2.45) is 0 Å². The predicted octanol–water partition coefficient (Wildman–Crippen LogP) is 7.11. The van der Waals surface area contributed by atoms with Crippen molar-refractivity contribution in [1.29, 1.82) is 0 Å². The van der Waals surface area contributed by atoms with Gasteiger partial charge in [-0.15, -0.1) is 0 Å². The zero-order valence-corrected chi connectivity index (χ0v) is 24.1. The Kier molecular flexibility index (Phi) is 16.0. The number of hydrogen-bond donors (Lipinski definition) is 0. The van der Waals surface area contributed by atoms with Crippen LogP contribution in [0.4, 0.5) is 0 Å². The molecule has 3 rings (SSSR count). The molecule has 0 spiro atoms. The second-order valence-corrected chi connectivity index (χ2v) is 10.9. The van der Waals surface area contributed by atoms with E-state index in [9.17, 15) is 0 Å². The van der Waals surface area contributed by atoms with Gasteiger partial charge in [-0.1, -0.05) is 162 Å². The topological polar surface area (TPSA) is 0 Å². The van der Waals surface area contributed by atoms with Crippen LogP contribution in [-0.4, -0.2) is 11.0 Å². The van der Waals surface area contributed by atoms with Crippen molar-refractivity contribution in [1.82, 2.24) is 0 Å². The molecular formula is C35H50ClN. The lowest BCUT2D eigenvalue weighted by Crippen LogP contribution is -3.00. The highest BCUT2D eigenvalue weighted by Crippen LogP contribution is 2.26. The van der Waals surface area contributed by atoms with E-state index in [0.717, 1.165) is 24.1 Å². The first-order chi connectivity index (χ1) is 17.8. The fourth-order valence-corrected chi connectivity index (χ4v) is 5.61. The SMILES string of the molecule is CCCCCCCCCCCCCC[N+](Cc1ccccc1)(Cc1ccccc1)Cc1ccccc1.[Cl-]. The molecule has 0 amide bonds. The summed E-state index contributed by atoms with van der Waals surface area (Å²) in [6.07, 6.45) is 16.8. The molecule has 0 aliphatic rings. The van der Waals surface area contributed by atoms with Crippen LogP contribution in [0.1, 0.15) is 101 Å². The first kappa shape index (κ1) is 31.1. The molecule has 0 bridgehead atoms. The average molecular weight is 520 g/mol. The van der Waals surface area contributed by atoms with Crippen LogP contribution < -0.4 is 12.4 Å². The minimum Gasteiger partial charge on any atom is -1.00 e. The normalized spacial score (nSPS) is 11.3. The summed E-state index contributed by atoms with van der Waals surface area (Å²) in [7, 11) is 0. The maximum Gasteiger partial charge on any atom is 0.105 e. The molecule has 0 saturated heterocycles. The number of unbranched alkanes of at least 4 members (excludes halogenated alkanes) is 11. The van der Waals surface area contributed by atoms with Crippen LogP contribution in [-0.2, 0) is 19.6 Å².